The zero-order valence-electron chi connectivity index (χ0n) is 26.6. The highest BCUT2D eigenvalue weighted by molar-refractivity contribution is 7.85. The van der Waals surface area contributed by atoms with Crippen LogP contribution >= 0.6 is 7.14 Å². The fourth-order valence-corrected chi connectivity index (χ4v) is 12.1. The Hall–Kier alpha value is -5.75. The molecule has 1 nitrogen and oxygen atoms in total. The lowest BCUT2D eigenvalue weighted by Crippen LogP contribution is -2.26. The fourth-order valence-electron chi connectivity index (χ4n) is 9.40. The van der Waals surface area contributed by atoms with E-state index < -0.39 is 12.6 Å². The van der Waals surface area contributed by atoms with Gasteiger partial charge >= 0.3 is 0 Å². The van der Waals surface area contributed by atoms with Crippen LogP contribution in [0.25, 0.3) is 55.3 Å². The van der Waals surface area contributed by atoms with Crippen LogP contribution in [0.5, 0.6) is 0 Å². The molecular formula is C47H29OP. The Morgan fingerprint density at radius 2 is 0.878 bits per heavy atom. The second-order valence-electron chi connectivity index (χ2n) is 13.5. The SMILES string of the molecule is O=P(c1ccccc1)(c1ccccc1)c1ccc2c(c1)-c1cc3c(c4cccc-2c14)-c1ccccc1C31c2ccccc2-c2ccccc21. The van der Waals surface area contributed by atoms with Gasteiger partial charge in [-0.3, -0.25) is 0 Å². The highest BCUT2D eigenvalue weighted by Crippen LogP contribution is 2.65. The Kier molecular flexibility index (Phi) is 5.37. The topological polar surface area (TPSA) is 17.1 Å². The van der Waals surface area contributed by atoms with Crippen LogP contribution in [-0.4, -0.2) is 0 Å². The molecule has 228 valence electrons. The van der Waals surface area contributed by atoms with Crippen LogP contribution in [0.1, 0.15) is 22.3 Å². The van der Waals surface area contributed by atoms with Crippen molar-refractivity contribution in [2.24, 2.45) is 0 Å². The first-order valence-corrected chi connectivity index (χ1v) is 18.7. The largest absolute Gasteiger partial charge is 0.309 e. The Labute approximate surface area is 285 Å². The predicted molar refractivity (Wildman–Crippen MR) is 204 cm³/mol. The van der Waals surface area contributed by atoms with Crippen molar-refractivity contribution in [1.82, 2.24) is 0 Å². The van der Waals surface area contributed by atoms with Gasteiger partial charge in [-0.05, 0) is 89.7 Å². The molecule has 2 heteroatoms. The van der Waals surface area contributed by atoms with Gasteiger partial charge in [0, 0.05) is 15.9 Å². The molecule has 0 aliphatic heterocycles. The second kappa shape index (κ2) is 9.66. The molecule has 8 aromatic carbocycles. The quantitative estimate of drug-likeness (QED) is 0.176. The average Bonchev–Trinajstić information content (AvgIpc) is 3.78. The molecule has 0 N–H and O–H groups in total. The molecule has 49 heavy (non-hydrogen) atoms. The minimum atomic E-state index is -3.16. The summed E-state index contributed by atoms with van der Waals surface area (Å²) in [5, 5.41) is 5.13. The van der Waals surface area contributed by atoms with Gasteiger partial charge in [-0.25, -0.2) is 0 Å². The minimum Gasteiger partial charge on any atom is -0.309 e. The van der Waals surface area contributed by atoms with E-state index in [1.807, 2.05) is 60.7 Å². The maximum atomic E-state index is 15.5. The molecule has 0 saturated heterocycles. The van der Waals surface area contributed by atoms with E-state index in [1.165, 1.54) is 72.0 Å². The Morgan fingerprint density at radius 3 is 1.51 bits per heavy atom. The monoisotopic (exact) mass is 640 g/mol. The summed E-state index contributed by atoms with van der Waals surface area (Å²) >= 11 is 0. The summed E-state index contributed by atoms with van der Waals surface area (Å²) < 4.78 is 15.5. The van der Waals surface area contributed by atoms with Crippen molar-refractivity contribution >= 4 is 33.8 Å². The second-order valence-corrected chi connectivity index (χ2v) is 16.2. The maximum Gasteiger partial charge on any atom is 0.171 e. The van der Waals surface area contributed by atoms with Crippen LogP contribution in [-0.2, 0) is 9.98 Å². The van der Waals surface area contributed by atoms with Gasteiger partial charge in [-0.15, -0.1) is 0 Å². The smallest absolute Gasteiger partial charge is 0.171 e. The van der Waals surface area contributed by atoms with Crippen LogP contribution < -0.4 is 15.9 Å². The van der Waals surface area contributed by atoms with Crippen molar-refractivity contribution in [2.45, 2.75) is 5.41 Å². The third-order valence-electron chi connectivity index (χ3n) is 11.3. The third kappa shape index (κ3) is 3.29. The van der Waals surface area contributed by atoms with E-state index in [0.717, 1.165) is 21.5 Å². The fraction of sp³-hybridized carbons (Fsp3) is 0.0213. The number of fused-ring (bicyclic) bond motifs is 14. The van der Waals surface area contributed by atoms with Gasteiger partial charge in [0.2, 0.25) is 0 Å². The lowest BCUT2D eigenvalue weighted by Gasteiger charge is -2.31. The van der Waals surface area contributed by atoms with E-state index in [9.17, 15) is 0 Å². The van der Waals surface area contributed by atoms with Crippen LogP contribution in [0.2, 0.25) is 0 Å². The third-order valence-corrected chi connectivity index (χ3v) is 14.4. The first-order chi connectivity index (χ1) is 24.2. The van der Waals surface area contributed by atoms with Gasteiger partial charge in [0.1, 0.15) is 0 Å². The summed E-state index contributed by atoms with van der Waals surface area (Å²) in [5.41, 5.74) is 15.0. The molecule has 0 saturated carbocycles. The summed E-state index contributed by atoms with van der Waals surface area (Å²) in [6, 6.07) is 62.9. The van der Waals surface area contributed by atoms with E-state index in [0.29, 0.717) is 0 Å². The standard InChI is InChI=1S/C47H29OP/c48-49(30-14-3-1-4-15-30,31-16-5-2-6-17-31)32-26-27-33-36-21-13-22-38-45(36)40(39(33)28-32)29-44-46(38)37-20-9-12-25-43(37)47(44)41-23-10-7-18-34(41)35-19-8-11-24-42(35)47/h1-29H. The highest BCUT2D eigenvalue weighted by Gasteiger charge is 2.52. The highest BCUT2D eigenvalue weighted by atomic mass is 31.2. The number of rotatable bonds is 3. The van der Waals surface area contributed by atoms with Crippen LogP contribution in [0.4, 0.5) is 0 Å². The molecule has 0 radical (unpaired) electrons. The molecule has 0 aromatic heterocycles. The van der Waals surface area contributed by atoms with Crippen molar-refractivity contribution in [3.8, 4) is 44.5 Å². The molecule has 8 aromatic rings. The molecule has 0 bridgehead atoms. The molecule has 3 aliphatic rings. The molecule has 0 heterocycles. The maximum absolute atomic E-state index is 15.5. The summed E-state index contributed by atoms with van der Waals surface area (Å²) in [6.07, 6.45) is 0. The van der Waals surface area contributed by atoms with Crippen LogP contribution in [0.3, 0.4) is 0 Å². The van der Waals surface area contributed by atoms with Crippen molar-refractivity contribution in [1.29, 1.82) is 0 Å². The molecule has 0 unspecified atom stereocenters. The van der Waals surface area contributed by atoms with Crippen molar-refractivity contribution in [3.05, 3.63) is 198 Å². The zero-order chi connectivity index (χ0) is 32.3. The van der Waals surface area contributed by atoms with E-state index in [2.05, 4.69) is 115 Å². The van der Waals surface area contributed by atoms with Crippen molar-refractivity contribution in [2.75, 3.05) is 0 Å². The molecule has 0 atom stereocenters. The average molecular weight is 641 g/mol. The predicted octanol–water partition coefficient (Wildman–Crippen LogP) is 10.5. The van der Waals surface area contributed by atoms with Gasteiger partial charge in [0.05, 0.1) is 5.41 Å². The number of benzene rings is 8. The van der Waals surface area contributed by atoms with Crippen molar-refractivity contribution in [3.63, 3.8) is 0 Å². The molecular weight excluding hydrogens is 611 g/mol. The molecule has 3 aliphatic carbocycles. The Morgan fingerprint density at radius 1 is 0.347 bits per heavy atom. The van der Waals surface area contributed by atoms with E-state index >= 15 is 4.57 Å². The Balaban J connectivity index is 1.24. The normalized spacial score (nSPS) is 14.0. The molecule has 11 rings (SSSR count). The number of hydrogen-bond donors (Lipinski definition) is 0. The molecule has 0 amide bonds. The van der Waals surface area contributed by atoms with E-state index in [-0.39, 0.29) is 0 Å². The van der Waals surface area contributed by atoms with E-state index in [4.69, 9.17) is 0 Å². The summed E-state index contributed by atoms with van der Waals surface area (Å²) in [4.78, 5) is 0. The van der Waals surface area contributed by atoms with Gasteiger partial charge < -0.3 is 4.57 Å². The van der Waals surface area contributed by atoms with Gasteiger partial charge in [0.15, 0.2) is 7.14 Å². The first kappa shape index (κ1) is 27.2. The number of hydrogen-bond acceptors (Lipinski definition) is 1. The molecule has 0 fully saturated rings. The van der Waals surface area contributed by atoms with Crippen LogP contribution in [0.15, 0.2) is 176 Å². The van der Waals surface area contributed by atoms with E-state index in [1.54, 1.807) is 0 Å². The van der Waals surface area contributed by atoms with Gasteiger partial charge in [0.25, 0.3) is 0 Å². The lowest BCUT2D eigenvalue weighted by atomic mass is 9.70. The molecule has 1 spiro atoms. The summed E-state index contributed by atoms with van der Waals surface area (Å²) in [7, 11) is -3.16. The summed E-state index contributed by atoms with van der Waals surface area (Å²) in [6.45, 7) is 0. The zero-order valence-corrected chi connectivity index (χ0v) is 27.5. The lowest BCUT2D eigenvalue weighted by molar-refractivity contribution is 0.592. The van der Waals surface area contributed by atoms with Gasteiger partial charge in [-0.1, -0.05) is 164 Å². The summed E-state index contributed by atoms with van der Waals surface area (Å²) in [5.74, 6) is 0. The minimum absolute atomic E-state index is 0.427. The first-order valence-electron chi connectivity index (χ1n) is 17.0. The van der Waals surface area contributed by atoms with Crippen molar-refractivity contribution < 1.29 is 4.57 Å². The van der Waals surface area contributed by atoms with Crippen LogP contribution in [0, 0.1) is 0 Å². The Bertz CT molecular complexity index is 2650. The van der Waals surface area contributed by atoms with Gasteiger partial charge in [-0.2, -0.15) is 0 Å².